The molecule has 1 N–H and O–H groups in total. The zero-order chi connectivity index (χ0) is 15.9. The van der Waals surface area contributed by atoms with E-state index in [1.807, 2.05) is 0 Å². The van der Waals surface area contributed by atoms with Crippen LogP contribution in [0.2, 0.25) is 0 Å². The number of ether oxygens (including phenoxy) is 1. The highest BCUT2D eigenvalue weighted by Gasteiger charge is 2.24. The van der Waals surface area contributed by atoms with Gasteiger partial charge in [0.2, 0.25) is 0 Å². The molecule has 2 saturated heterocycles. The lowest BCUT2D eigenvalue weighted by atomic mass is 10.0. The number of nitrogens with one attached hydrogen (secondary N) is 1. The molecule has 2 fully saturated rings. The van der Waals surface area contributed by atoms with Crippen LogP contribution in [0.5, 0.6) is 5.75 Å². The summed E-state index contributed by atoms with van der Waals surface area (Å²) in [5.41, 5.74) is 1.44. The van der Waals surface area contributed by atoms with Crippen LogP contribution in [0.25, 0.3) is 0 Å². The Hall–Kier alpha value is -1.10. The van der Waals surface area contributed by atoms with E-state index >= 15 is 0 Å². The zero-order valence-electron chi connectivity index (χ0n) is 14.5. The van der Waals surface area contributed by atoms with Crippen LogP contribution in [0.3, 0.4) is 0 Å². The average Bonchev–Trinajstić information content (AvgIpc) is 2.90. The van der Waals surface area contributed by atoms with Crippen LogP contribution in [0, 0.1) is 0 Å². The molecule has 0 aromatic heterocycles. The molecule has 2 aliphatic rings. The molecule has 3 rings (SSSR count). The van der Waals surface area contributed by atoms with Crippen molar-refractivity contribution in [2.45, 2.75) is 31.7 Å². The minimum Gasteiger partial charge on any atom is -0.497 e. The molecule has 1 aromatic carbocycles. The van der Waals surface area contributed by atoms with Gasteiger partial charge in [0, 0.05) is 38.8 Å². The van der Waals surface area contributed by atoms with Crippen LogP contribution >= 0.6 is 0 Å². The Bertz CT molecular complexity index is 448. The Kier molecular flexibility index (Phi) is 6.31. The van der Waals surface area contributed by atoms with Crippen molar-refractivity contribution in [1.29, 1.82) is 0 Å². The standard InChI is InChI=1S/C19H31N3O/c1-23-18-8-6-17(7-9-18)19(16-21-14-10-20-11-15-21)22-12-4-2-3-5-13-22/h6-9,19-20H,2-5,10-16H2,1H3. The molecule has 1 unspecified atom stereocenters. The highest BCUT2D eigenvalue weighted by atomic mass is 16.5. The molecular weight excluding hydrogens is 286 g/mol. The summed E-state index contributed by atoms with van der Waals surface area (Å²) in [6, 6.07) is 9.25. The number of hydrogen-bond acceptors (Lipinski definition) is 4. The number of likely N-dealkylation sites (tertiary alicyclic amines) is 1. The lowest BCUT2D eigenvalue weighted by molar-refractivity contribution is 0.132. The van der Waals surface area contributed by atoms with Crippen molar-refractivity contribution in [3.05, 3.63) is 29.8 Å². The number of benzene rings is 1. The number of hydrogen-bond donors (Lipinski definition) is 1. The van der Waals surface area contributed by atoms with Crippen LogP contribution in [0.1, 0.15) is 37.3 Å². The van der Waals surface area contributed by atoms with Crippen molar-refractivity contribution in [2.75, 3.05) is 52.9 Å². The first-order chi connectivity index (χ1) is 11.4. The first-order valence-corrected chi connectivity index (χ1v) is 9.18. The molecule has 0 radical (unpaired) electrons. The van der Waals surface area contributed by atoms with E-state index in [2.05, 4.69) is 39.4 Å². The van der Waals surface area contributed by atoms with Gasteiger partial charge in [-0.3, -0.25) is 9.80 Å². The van der Waals surface area contributed by atoms with Gasteiger partial charge in [-0.25, -0.2) is 0 Å². The first-order valence-electron chi connectivity index (χ1n) is 9.18. The molecule has 0 amide bonds. The lowest BCUT2D eigenvalue weighted by Crippen LogP contribution is -2.47. The maximum atomic E-state index is 5.33. The van der Waals surface area contributed by atoms with Crippen LogP contribution in [0.4, 0.5) is 0 Å². The predicted molar refractivity (Wildman–Crippen MR) is 95.1 cm³/mol. The molecule has 1 aromatic rings. The second-order valence-electron chi connectivity index (χ2n) is 6.79. The number of methoxy groups -OCH3 is 1. The third-order valence-corrected chi connectivity index (χ3v) is 5.22. The van der Waals surface area contributed by atoms with Gasteiger partial charge in [-0.05, 0) is 43.6 Å². The highest BCUT2D eigenvalue weighted by molar-refractivity contribution is 5.29. The van der Waals surface area contributed by atoms with E-state index in [0.717, 1.165) is 25.4 Å². The molecule has 1 atom stereocenters. The Labute approximate surface area is 140 Å². The van der Waals surface area contributed by atoms with Gasteiger partial charge in [0.25, 0.3) is 0 Å². The normalized spacial score (nSPS) is 22.5. The van der Waals surface area contributed by atoms with Gasteiger partial charge >= 0.3 is 0 Å². The maximum absolute atomic E-state index is 5.33. The smallest absolute Gasteiger partial charge is 0.118 e. The molecule has 0 bridgehead atoms. The predicted octanol–water partition coefficient (Wildman–Crippen LogP) is 2.52. The molecule has 0 saturated carbocycles. The lowest BCUT2D eigenvalue weighted by Gasteiger charge is -2.37. The summed E-state index contributed by atoms with van der Waals surface area (Å²) < 4.78 is 5.33. The molecule has 2 heterocycles. The van der Waals surface area contributed by atoms with Gasteiger partial charge < -0.3 is 10.1 Å². The quantitative estimate of drug-likeness (QED) is 0.903. The van der Waals surface area contributed by atoms with E-state index in [1.165, 1.54) is 57.4 Å². The monoisotopic (exact) mass is 317 g/mol. The second-order valence-corrected chi connectivity index (χ2v) is 6.79. The Morgan fingerprint density at radius 2 is 1.61 bits per heavy atom. The summed E-state index contributed by atoms with van der Waals surface area (Å²) in [5, 5.41) is 3.46. The molecule has 2 aliphatic heterocycles. The number of nitrogens with zero attached hydrogens (tertiary/aromatic N) is 2. The van der Waals surface area contributed by atoms with Crippen LogP contribution in [-0.2, 0) is 0 Å². The summed E-state index contributed by atoms with van der Waals surface area (Å²) in [6.45, 7) is 8.20. The van der Waals surface area contributed by atoms with Gasteiger partial charge in [0.15, 0.2) is 0 Å². The summed E-state index contributed by atoms with van der Waals surface area (Å²) in [5.74, 6) is 0.950. The van der Waals surface area contributed by atoms with Crippen molar-refractivity contribution >= 4 is 0 Å². The third kappa shape index (κ3) is 4.69. The zero-order valence-corrected chi connectivity index (χ0v) is 14.5. The van der Waals surface area contributed by atoms with E-state index in [4.69, 9.17) is 4.74 Å². The fraction of sp³-hybridized carbons (Fsp3) is 0.684. The SMILES string of the molecule is COc1ccc(C(CN2CCNCC2)N2CCCCCC2)cc1. The van der Waals surface area contributed by atoms with Crippen molar-refractivity contribution in [3.8, 4) is 5.75 Å². The molecule has 4 nitrogen and oxygen atoms in total. The minimum atomic E-state index is 0.511. The van der Waals surface area contributed by atoms with Gasteiger partial charge in [-0.1, -0.05) is 25.0 Å². The third-order valence-electron chi connectivity index (χ3n) is 5.22. The molecule has 4 heteroatoms. The largest absolute Gasteiger partial charge is 0.497 e. The second kappa shape index (κ2) is 8.67. The van der Waals surface area contributed by atoms with E-state index in [1.54, 1.807) is 7.11 Å². The van der Waals surface area contributed by atoms with Crippen LogP contribution in [-0.4, -0.2) is 62.7 Å². The average molecular weight is 317 g/mol. The van der Waals surface area contributed by atoms with E-state index in [9.17, 15) is 0 Å². The van der Waals surface area contributed by atoms with Gasteiger partial charge in [-0.2, -0.15) is 0 Å². The minimum absolute atomic E-state index is 0.511. The van der Waals surface area contributed by atoms with Crippen molar-refractivity contribution in [1.82, 2.24) is 15.1 Å². The van der Waals surface area contributed by atoms with Gasteiger partial charge in [0.05, 0.1) is 7.11 Å². The molecule has 0 aliphatic carbocycles. The number of rotatable bonds is 5. The van der Waals surface area contributed by atoms with Crippen LogP contribution < -0.4 is 10.1 Å². The van der Waals surface area contributed by atoms with E-state index in [0.29, 0.717) is 6.04 Å². The van der Waals surface area contributed by atoms with E-state index in [-0.39, 0.29) is 0 Å². The Balaban J connectivity index is 1.75. The Morgan fingerprint density at radius 3 is 2.22 bits per heavy atom. The van der Waals surface area contributed by atoms with Gasteiger partial charge in [0.1, 0.15) is 5.75 Å². The molecular formula is C19H31N3O. The summed E-state index contributed by atoms with van der Waals surface area (Å²) in [6.07, 6.45) is 5.46. The summed E-state index contributed by atoms with van der Waals surface area (Å²) in [7, 11) is 1.74. The summed E-state index contributed by atoms with van der Waals surface area (Å²) >= 11 is 0. The first kappa shape index (κ1) is 16.7. The molecule has 128 valence electrons. The Morgan fingerprint density at radius 1 is 0.957 bits per heavy atom. The van der Waals surface area contributed by atoms with Crippen molar-refractivity contribution in [3.63, 3.8) is 0 Å². The number of piperazine rings is 1. The summed E-state index contributed by atoms with van der Waals surface area (Å²) in [4.78, 5) is 5.34. The maximum Gasteiger partial charge on any atom is 0.118 e. The fourth-order valence-electron chi connectivity index (χ4n) is 3.80. The van der Waals surface area contributed by atoms with Crippen molar-refractivity contribution in [2.24, 2.45) is 0 Å². The van der Waals surface area contributed by atoms with Crippen LogP contribution in [0.15, 0.2) is 24.3 Å². The highest BCUT2D eigenvalue weighted by Crippen LogP contribution is 2.27. The topological polar surface area (TPSA) is 27.7 Å². The van der Waals surface area contributed by atoms with Gasteiger partial charge in [-0.15, -0.1) is 0 Å². The van der Waals surface area contributed by atoms with E-state index < -0.39 is 0 Å². The molecule has 23 heavy (non-hydrogen) atoms. The van der Waals surface area contributed by atoms with Crippen molar-refractivity contribution < 1.29 is 4.74 Å². The fourth-order valence-corrected chi connectivity index (χ4v) is 3.80. The molecule has 0 spiro atoms.